The molecule has 1 aliphatic carbocycles. The number of amides is 2. The molecule has 138 valence electrons. The van der Waals surface area contributed by atoms with E-state index in [1.807, 2.05) is 11.8 Å². The number of rotatable bonds is 6. The van der Waals surface area contributed by atoms with Crippen molar-refractivity contribution in [1.82, 2.24) is 15.1 Å². The van der Waals surface area contributed by atoms with Crippen LogP contribution in [-0.2, 0) is 14.3 Å². The Kier molecular flexibility index (Phi) is 6.26. The largest absolute Gasteiger partial charge is 0.381 e. The van der Waals surface area contributed by atoms with Gasteiger partial charge in [-0.15, -0.1) is 0 Å². The zero-order chi connectivity index (χ0) is 17.9. The van der Waals surface area contributed by atoms with Crippen LogP contribution >= 0.6 is 0 Å². The summed E-state index contributed by atoms with van der Waals surface area (Å²) in [6, 6.07) is 0.129. The number of carbonyl (C=O) groups excluding carboxylic acids is 2. The Balaban J connectivity index is 1.89. The Morgan fingerprint density at radius 2 is 1.71 bits per heavy atom. The first-order valence-electron chi connectivity index (χ1n) is 9.22. The molecule has 0 bridgehead atoms. The van der Waals surface area contributed by atoms with Crippen molar-refractivity contribution < 1.29 is 14.3 Å². The lowest BCUT2D eigenvalue weighted by atomic mass is 9.58. The maximum Gasteiger partial charge on any atom is 0.239 e. The molecule has 2 aliphatic rings. The third-order valence-electron chi connectivity index (χ3n) is 6.24. The summed E-state index contributed by atoms with van der Waals surface area (Å²) >= 11 is 0. The molecule has 1 aliphatic heterocycles. The topological polar surface area (TPSA) is 61.9 Å². The average molecular weight is 339 g/mol. The molecule has 0 aromatic carbocycles. The molecule has 6 nitrogen and oxygen atoms in total. The van der Waals surface area contributed by atoms with Crippen molar-refractivity contribution >= 4 is 11.8 Å². The molecule has 2 fully saturated rings. The summed E-state index contributed by atoms with van der Waals surface area (Å²) in [5.41, 5.74) is 0.136. The number of methoxy groups -OCH3 is 1. The van der Waals surface area contributed by atoms with Crippen LogP contribution in [0.1, 0.15) is 47.0 Å². The lowest BCUT2D eigenvalue weighted by molar-refractivity contribution is -0.144. The predicted octanol–water partition coefficient (Wildman–Crippen LogP) is 1.25. The van der Waals surface area contributed by atoms with E-state index in [2.05, 4.69) is 19.2 Å². The van der Waals surface area contributed by atoms with Crippen molar-refractivity contribution in [2.45, 2.75) is 65.1 Å². The molecule has 0 aromatic heterocycles. The fourth-order valence-corrected chi connectivity index (χ4v) is 4.40. The van der Waals surface area contributed by atoms with E-state index in [1.54, 1.807) is 18.9 Å². The normalized spacial score (nSPS) is 27.5. The van der Waals surface area contributed by atoms with Crippen LogP contribution in [0, 0.1) is 5.41 Å². The highest BCUT2D eigenvalue weighted by Crippen LogP contribution is 2.48. The predicted molar refractivity (Wildman–Crippen MR) is 93.6 cm³/mol. The smallest absolute Gasteiger partial charge is 0.239 e. The summed E-state index contributed by atoms with van der Waals surface area (Å²) in [6.07, 6.45) is 3.36. The van der Waals surface area contributed by atoms with Crippen molar-refractivity contribution in [3.05, 3.63) is 0 Å². The molecule has 0 radical (unpaired) electrons. The second kappa shape index (κ2) is 7.83. The summed E-state index contributed by atoms with van der Waals surface area (Å²) in [5, 5.41) is 3.55. The van der Waals surface area contributed by atoms with E-state index in [0.717, 1.165) is 19.3 Å². The molecule has 2 amide bonds. The van der Waals surface area contributed by atoms with Crippen LogP contribution < -0.4 is 5.32 Å². The molecule has 1 saturated heterocycles. The Morgan fingerprint density at radius 3 is 2.17 bits per heavy atom. The first-order chi connectivity index (χ1) is 11.4. The van der Waals surface area contributed by atoms with Crippen LogP contribution in [0.4, 0.5) is 0 Å². The number of carbonyl (C=O) groups is 2. The highest BCUT2D eigenvalue weighted by atomic mass is 16.5. The highest BCUT2D eigenvalue weighted by molar-refractivity contribution is 5.82. The van der Waals surface area contributed by atoms with Crippen molar-refractivity contribution in [2.24, 2.45) is 5.41 Å². The van der Waals surface area contributed by atoms with Crippen molar-refractivity contribution in [2.75, 3.05) is 33.3 Å². The molecule has 1 heterocycles. The van der Waals surface area contributed by atoms with Crippen LogP contribution in [0.5, 0.6) is 0 Å². The van der Waals surface area contributed by atoms with Crippen molar-refractivity contribution in [1.29, 1.82) is 0 Å². The minimum atomic E-state index is -0.200. The lowest BCUT2D eigenvalue weighted by Gasteiger charge is -2.56. The van der Waals surface area contributed by atoms with Gasteiger partial charge in [0.2, 0.25) is 11.8 Å². The molecular formula is C18H33N3O3. The Morgan fingerprint density at radius 1 is 1.17 bits per heavy atom. The maximum atomic E-state index is 12.7. The summed E-state index contributed by atoms with van der Waals surface area (Å²) < 4.78 is 5.63. The second-order valence-corrected chi connectivity index (χ2v) is 7.17. The maximum absolute atomic E-state index is 12.7. The SMILES string of the molecule is CCC1(CC)[C@H](N[C@@H](C)C(=O)N2CCN(C(C)=O)CC2)C[C@H]1OC. The van der Waals surface area contributed by atoms with Gasteiger partial charge in [-0.05, 0) is 26.2 Å². The number of hydrogen-bond donors (Lipinski definition) is 1. The van der Waals surface area contributed by atoms with Gasteiger partial charge in [0.25, 0.3) is 0 Å². The highest BCUT2D eigenvalue weighted by Gasteiger charge is 2.53. The van der Waals surface area contributed by atoms with Gasteiger partial charge in [-0.3, -0.25) is 9.59 Å². The molecule has 1 saturated carbocycles. The fourth-order valence-electron chi connectivity index (χ4n) is 4.40. The number of hydrogen-bond acceptors (Lipinski definition) is 4. The van der Waals surface area contributed by atoms with Gasteiger partial charge in [-0.25, -0.2) is 0 Å². The molecule has 3 atom stereocenters. The second-order valence-electron chi connectivity index (χ2n) is 7.17. The molecular weight excluding hydrogens is 306 g/mol. The van der Waals surface area contributed by atoms with Gasteiger partial charge >= 0.3 is 0 Å². The molecule has 24 heavy (non-hydrogen) atoms. The zero-order valence-corrected chi connectivity index (χ0v) is 15.8. The summed E-state index contributed by atoms with van der Waals surface area (Å²) in [5.74, 6) is 0.226. The van der Waals surface area contributed by atoms with E-state index in [0.29, 0.717) is 32.2 Å². The number of piperazine rings is 1. The first-order valence-corrected chi connectivity index (χ1v) is 9.22. The van der Waals surface area contributed by atoms with Gasteiger partial charge in [-0.2, -0.15) is 0 Å². The lowest BCUT2D eigenvalue weighted by Crippen LogP contribution is -2.66. The summed E-state index contributed by atoms with van der Waals surface area (Å²) in [7, 11) is 1.78. The van der Waals surface area contributed by atoms with E-state index in [1.165, 1.54) is 0 Å². The first kappa shape index (κ1) is 19.2. The average Bonchev–Trinajstić information content (AvgIpc) is 2.58. The van der Waals surface area contributed by atoms with Crippen molar-refractivity contribution in [3.8, 4) is 0 Å². The molecule has 0 spiro atoms. The van der Waals surface area contributed by atoms with E-state index in [9.17, 15) is 9.59 Å². The molecule has 0 unspecified atom stereocenters. The number of ether oxygens (including phenoxy) is 1. The molecule has 1 N–H and O–H groups in total. The summed E-state index contributed by atoms with van der Waals surface area (Å²) in [4.78, 5) is 27.8. The molecule has 0 aromatic rings. The van der Waals surface area contributed by atoms with Crippen LogP contribution in [0.25, 0.3) is 0 Å². The Bertz CT molecular complexity index is 456. The van der Waals surface area contributed by atoms with Crippen LogP contribution in [0.15, 0.2) is 0 Å². The Labute approximate surface area is 145 Å². The number of nitrogens with zero attached hydrogens (tertiary/aromatic N) is 2. The standard InChI is InChI=1S/C18H33N3O3/c1-6-18(7-2)15(12-16(18)24-5)19-13(3)17(23)21-10-8-20(9-11-21)14(4)22/h13,15-16,19H,6-12H2,1-5H3/t13-,15+,16+/m0/s1. The van der Waals surface area contributed by atoms with Crippen LogP contribution in [-0.4, -0.2) is 73.1 Å². The number of nitrogens with one attached hydrogen (secondary N) is 1. The van der Waals surface area contributed by atoms with E-state index >= 15 is 0 Å². The molecule has 2 rings (SSSR count). The zero-order valence-electron chi connectivity index (χ0n) is 15.8. The monoisotopic (exact) mass is 339 g/mol. The van der Waals surface area contributed by atoms with Crippen LogP contribution in [0.3, 0.4) is 0 Å². The fraction of sp³-hybridized carbons (Fsp3) is 0.889. The van der Waals surface area contributed by atoms with Gasteiger partial charge < -0.3 is 19.9 Å². The van der Waals surface area contributed by atoms with Gasteiger partial charge in [0, 0.05) is 51.7 Å². The van der Waals surface area contributed by atoms with Gasteiger partial charge in [0.15, 0.2) is 0 Å². The van der Waals surface area contributed by atoms with E-state index < -0.39 is 0 Å². The van der Waals surface area contributed by atoms with Gasteiger partial charge in [0.05, 0.1) is 12.1 Å². The molecule has 6 heteroatoms. The third-order valence-corrected chi connectivity index (χ3v) is 6.24. The quantitative estimate of drug-likeness (QED) is 0.791. The van der Waals surface area contributed by atoms with E-state index in [4.69, 9.17) is 4.74 Å². The van der Waals surface area contributed by atoms with Gasteiger partial charge in [0.1, 0.15) is 0 Å². The van der Waals surface area contributed by atoms with Gasteiger partial charge in [-0.1, -0.05) is 13.8 Å². The van der Waals surface area contributed by atoms with Crippen molar-refractivity contribution in [3.63, 3.8) is 0 Å². The van der Waals surface area contributed by atoms with Crippen LogP contribution in [0.2, 0.25) is 0 Å². The third kappa shape index (κ3) is 3.45. The minimum absolute atomic E-state index is 0.0871. The summed E-state index contributed by atoms with van der Waals surface area (Å²) in [6.45, 7) is 10.5. The van der Waals surface area contributed by atoms with E-state index in [-0.39, 0.29) is 29.4 Å². The Hall–Kier alpha value is -1.14. The minimum Gasteiger partial charge on any atom is -0.381 e.